The summed E-state index contributed by atoms with van der Waals surface area (Å²) < 4.78 is 11.0. The van der Waals surface area contributed by atoms with Gasteiger partial charge in [0.1, 0.15) is 5.37 Å². The third kappa shape index (κ3) is 3.68. The van der Waals surface area contributed by atoms with Crippen molar-refractivity contribution in [3.63, 3.8) is 0 Å². The second-order valence-electron chi connectivity index (χ2n) is 5.37. The topological polar surface area (TPSA) is 38.8 Å². The Morgan fingerprint density at radius 1 is 1.24 bits per heavy atom. The molecule has 132 valence electrons. The van der Waals surface area contributed by atoms with Gasteiger partial charge in [-0.2, -0.15) is 0 Å². The summed E-state index contributed by atoms with van der Waals surface area (Å²) in [6.45, 7) is 2.38. The summed E-state index contributed by atoms with van der Waals surface area (Å²) in [6.07, 6.45) is 0. The van der Waals surface area contributed by atoms with Crippen molar-refractivity contribution in [2.45, 2.75) is 12.3 Å². The third-order valence-corrected chi connectivity index (χ3v) is 5.54. The number of nitrogens with zero attached hydrogens (tertiary/aromatic N) is 1. The first-order valence-electron chi connectivity index (χ1n) is 7.74. The number of amides is 1. The van der Waals surface area contributed by atoms with Crippen LogP contribution in [-0.2, 0) is 4.79 Å². The fourth-order valence-corrected chi connectivity index (χ4v) is 4.27. The highest BCUT2D eigenvalue weighted by Crippen LogP contribution is 2.46. The van der Waals surface area contributed by atoms with Crippen LogP contribution in [-0.4, -0.2) is 25.4 Å². The average molecular weight is 398 g/mol. The Labute approximate surface area is 161 Å². The highest BCUT2D eigenvalue weighted by molar-refractivity contribution is 8.00. The van der Waals surface area contributed by atoms with Gasteiger partial charge in [0.05, 0.1) is 24.5 Å². The Morgan fingerprint density at radius 2 is 1.96 bits per heavy atom. The van der Waals surface area contributed by atoms with E-state index in [2.05, 4.69) is 0 Å². The molecule has 1 amide bonds. The Morgan fingerprint density at radius 3 is 2.60 bits per heavy atom. The minimum Gasteiger partial charge on any atom is -0.493 e. The van der Waals surface area contributed by atoms with Crippen LogP contribution in [0.15, 0.2) is 36.4 Å². The Hall–Kier alpha value is -1.56. The molecule has 1 aliphatic heterocycles. The zero-order valence-corrected chi connectivity index (χ0v) is 16.1. The minimum absolute atomic E-state index is 0.0429. The fraction of sp³-hybridized carbons (Fsp3) is 0.278. The molecule has 0 radical (unpaired) electrons. The van der Waals surface area contributed by atoms with E-state index in [1.165, 1.54) is 0 Å². The standard InChI is InChI=1S/C18H17Cl2NO3S/c1-3-24-17-14(20)8-11(9-15(17)23-2)18-21(16(22)10-25-18)13-6-4-12(19)5-7-13/h4-9,18H,3,10H2,1-2H3/t18-/m0/s1. The number of thioether (sulfide) groups is 1. The van der Waals surface area contributed by atoms with Crippen LogP contribution in [0, 0.1) is 0 Å². The Bertz CT molecular complexity index is 783. The number of hydrogen-bond acceptors (Lipinski definition) is 4. The summed E-state index contributed by atoms with van der Waals surface area (Å²) in [4.78, 5) is 14.2. The van der Waals surface area contributed by atoms with Crippen molar-refractivity contribution in [1.82, 2.24) is 0 Å². The van der Waals surface area contributed by atoms with Gasteiger partial charge in [-0.05, 0) is 48.9 Å². The summed E-state index contributed by atoms with van der Waals surface area (Å²) in [7, 11) is 1.57. The number of anilines is 1. The molecule has 4 nitrogen and oxygen atoms in total. The van der Waals surface area contributed by atoms with Crippen molar-refractivity contribution in [3.05, 3.63) is 52.0 Å². The maximum atomic E-state index is 12.4. The van der Waals surface area contributed by atoms with E-state index in [1.54, 1.807) is 35.9 Å². The van der Waals surface area contributed by atoms with Gasteiger partial charge in [-0.3, -0.25) is 9.69 Å². The molecule has 2 aromatic rings. The zero-order valence-electron chi connectivity index (χ0n) is 13.8. The van der Waals surface area contributed by atoms with Crippen molar-refractivity contribution in [3.8, 4) is 11.5 Å². The molecule has 0 aliphatic carbocycles. The number of rotatable bonds is 5. The van der Waals surface area contributed by atoms with Gasteiger partial charge >= 0.3 is 0 Å². The molecule has 0 N–H and O–H groups in total. The molecular formula is C18H17Cl2NO3S. The highest BCUT2D eigenvalue weighted by Gasteiger charge is 2.35. The molecule has 0 bridgehead atoms. The first-order valence-corrected chi connectivity index (χ1v) is 9.55. The van der Waals surface area contributed by atoms with Crippen molar-refractivity contribution >= 4 is 46.6 Å². The summed E-state index contributed by atoms with van der Waals surface area (Å²) in [5.41, 5.74) is 1.68. The van der Waals surface area contributed by atoms with Gasteiger partial charge in [0.15, 0.2) is 11.5 Å². The second kappa shape index (κ2) is 7.77. The molecule has 0 saturated carbocycles. The van der Waals surface area contributed by atoms with Crippen LogP contribution in [0.2, 0.25) is 10.0 Å². The van der Waals surface area contributed by atoms with Crippen LogP contribution in [0.5, 0.6) is 11.5 Å². The SMILES string of the molecule is CCOc1c(Cl)cc([C@@H]2SCC(=O)N2c2ccc(Cl)cc2)cc1OC. The van der Waals surface area contributed by atoms with Crippen molar-refractivity contribution in [2.75, 3.05) is 24.4 Å². The Kier molecular flexibility index (Phi) is 5.67. The number of hydrogen-bond donors (Lipinski definition) is 0. The molecule has 0 spiro atoms. The van der Waals surface area contributed by atoms with Crippen molar-refractivity contribution < 1.29 is 14.3 Å². The maximum Gasteiger partial charge on any atom is 0.238 e. The molecule has 3 rings (SSSR count). The monoisotopic (exact) mass is 397 g/mol. The molecule has 25 heavy (non-hydrogen) atoms. The van der Waals surface area contributed by atoms with E-state index in [4.69, 9.17) is 32.7 Å². The normalized spacial score (nSPS) is 17.0. The number of halogens is 2. The fourth-order valence-electron chi connectivity index (χ4n) is 2.72. The third-order valence-electron chi connectivity index (χ3n) is 3.80. The molecule has 2 aromatic carbocycles. The van der Waals surface area contributed by atoms with Gasteiger partial charge in [0, 0.05) is 10.7 Å². The maximum absolute atomic E-state index is 12.4. The van der Waals surface area contributed by atoms with Gasteiger partial charge in [-0.1, -0.05) is 23.2 Å². The lowest BCUT2D eigenvalue weighted by molar-refractivity contribution is -0.115. The molecule has 1 aliphatic rings. The Balaban J connectivity index is 2.01. The van der Waals surface area contributed by atoms with E-state index < -0.39 is 0 Å². The van der Waals surface area contributed by atoms with E-state index in [-0.39, 0.29) is 11.3 Å². The number of methoxy groups -OCH3 is 1. The lowest BCUT2D eigenvalue weighted by Crippen LogP contribution is -2.27. The minimum atomic E-state index is -0.184. The average Bonchev–Trinajstić information content (AvgIpc) is 2.99. The van der Waals surface area contributed by atoms with Gasteiger partial charge in [0.2, 0.25) is 5.91 Å². The van der Waals surface area contributed by atoms with Crippen molar-refractivity contribution in [2.24, 2.45) is 0 Å². The van der Waals surface area contributed by atoms with Gasteiger partial charge < -0.3 is 9.47 Å². The summed E-state index contributed by atoms with van der Waals surface area (Å²) >= 11 is 13.9. The lowest BCUT2D eigenvalue weighted by atomic mass is 10.1. The number of benzene rings is 2. The number of ether oxygens (including phenoxy) is 2. The predicted octanol–water partition coefficient (Wildman–Crippen LogP) is 5.18. The van der Waals surface area contributed by atoms with Gasteiger partial charge in [-0.25, -0.2) is 0 Å². The first kappa shape index (κ1) is 18.2. The molecule has 7 heteroatoms. The van der Waals surface area contributed by atoms with Crippen LogP contribution < -0.4 is 14.4 Å². The van der Waals surface area contributed by atoms with Gasteiger partial charge in [0.25, 0.3) is 0 Å². The van der Waals surface area contributed by atoms with E-state index in [1.807, 2.05) is 31.2 Å². The summed E-state index contributed by atoms with van der Waals surface area (Å²) in [5.74, 6) is 1.52. The van der Waals surface area contributed by atoms with E-state index in [0.29, 0.717) is 33.9 Å². The van der Waals surface area contributed by atoms with Crippen LogP contribution in [0.4, 0.5) is 5.69 Å². The summed E-state index contributed by atoms with van der Waals surface area (Å²) in [6, 6.07) is 10.9. The van der Waals surface area contributed by atoms with E-state index in [9.17, 15) is 4.79 Å². The van der Waals surface area contributed by atoms with E-state index >= 15 is 0 Å². The zero-order chi connectivity index (χ0) is 18.0. The van der Waals surface area contributed by atoms with Crippen molar-refractivity contribution in [1.29, 1.82) is 0 Å². The predicted molar refractivity (Wildman–Crippen MR) is 103 cm³/mol. The second-order valence-corrected chi connectivity index (χ2v) is 7.28. The molecule has 0 unspecified atom stereocenters. The van der Waals surface area contributed by atoms with Crippen LogP contribution in [0.1, 0.15) is 17.9 Å². The highest BCUT2D eigenvalue weighted by atomic mass is 35.5. The molecule has 1 fully saturated rings. The molecular weight excluding hydrogens is 381 g/mol. The lowest BCUT2D eigenvalue weighted by Gasteiger charge is -2.25. The molecule has 1 heterocycles. The molecule has 1 saturated heterocycles. The van der Waals surface area contributed by atoms with Crippen LogP contribution in [0.3, 0.4) is 0 Å². The molecule has 1 atom stereocenters. The number of carbonyl (C=O) groups excluding carboxylic acids is 1. The summed E-state index contributed by atoms with van der Waals surface area (Å²) in [5, 5.41) is 0.910. The first-order chi connectivity index (χ1) is 12.0. The molecule has 0 aromatic heterocycles. The van der Waals surface area contributed by atoms with Crippen LogP contribution >= 0.6 is 35.0 Å². The quantitative estimate of drug-likeness (QED) is 0.696. The van der Waals surface area contributed by atoms with E-state index in [0.717, 1.165) is 11.3 Å². The van der Waals surface area contributed by atoms with Gasteiger partial charge in [-0.15, -0.1) is 11.8 Å². The smallest absolute Gasteiger partial charge is 0.238 e. The number of carbonyl (C=O) groups is 1. The van der Waals surface area contributed by atoms with Crippen LogP contribution in [0.25, 0.3) is 0 Å². The largest absolute Gasteiger partial charge is 0.493 e.